The third kappa shape index (κ3) is 4.29. The minimum absolute atomic E-state index is 0. The Balaban J connectivity index is 0.00000264. The van der Waals surface area contributed by atoms with Crippen LogP contribution < -0.4 is 15.2 Å². The summed E-state index contributed by atoms with van der Waals surface area (Å²) in [5, 5.41) is 0. The van der Waals surface area contributed by atoms with Gasteiger partial charge in [0, 0.05) is 25.2 Å². The van der Waals surface area contributed by atoms with Gasteiger partial charge >= 0.3 is 0 Å². The Labute approximate surface area is 144 Å². The van der Waals surface area contributed by atoms with E-state index in [-0.39, 0.29) is 29.3 Å². The first-order valence-electron chi connectivity index (χ1n) is 7.55. The molecule has 1 aromatic carbocycles. The van der Waals surface area contributed by atoms with Crippen molar-refractivity contribution in [2.75, 3.05) is 26.3 Å². The monoisotopic (exact) mass is 364 g/mol. The minimum Gasteiger partial charge on any atom is -0.490 e. The fraction of sp³-hybridized carbons (Fsp3) is 0.600. The van der Waals surface area contributed by atoms with Crippen LogP contribution in [0.5, 0.6) is 11.5 Å². The molecule has 1 aromatic rings. The topological polar surface area (TPSA) is 81.9 Å². The average molecular weight is 365 g/mol. The molecular formula is C15H25ClN2O4S. The van der Waals surface area contributed by atoms with Gasteiger partial charge in [-0.05, 0) is 31.9 Å². The highest BCUT2D eigenvalue weighted by Crippen LogP contribution is 2.32. The van der Waals surface area contributed by atoms with Gasteiger partial charge in [0.25, 0.3) is 0 Å². The van der Waals surface area contributed by atoms with Gasteiger partial charge in [0.2, 0.25) is 10.0 Å². The molecule has 2 N–H and O–H groups in total. The van der Waals surface area contributed by atoms with Crippen LogP contribution in [0.1, 0.15) is 20.8 Å². The van der Waals surface area contributed by atoms with E-state index in [9.17, 15) is 8.42 Å². The molecule has 0 spiro atoms. The second-order valence-electron chi connectivity index (χ2n) is 5.44. The smallest absolute Gasteiger partial charge is 0.243 e. The van der Waals surface area contributed by atoms with Gasteiger partial charge in [0.1, 0.15) is 0 Å². The maximum Gasteiger partial charge on any atom is 0.243 e. The van der Waals surface area contributed by atoms with E-state index in [1.807, 2.05) is 20.8 Å². The SMILES string of the molecule is CCOc1ccc(S(=O)(=O)N2CC(C)C(N)C2)cc1OCC.Cl. The van der Waals surface area contributed by atoms with Crippen LogP contribution >= 0.6 is 12.4 Å². The molecule has 1 fully saturated rings. The second kappa shape index (κ2) is 8.19. The lowest BCUT2D eigenvalue weighted by molar-refractivity contribution is 0.287. The van der Waals surface area contributed by atoms with E-state index in [4.69, 9.17) is 15.2 Å². The van der Waals surface area contributed by atoms with Crippen molar-refractivity contribution in [3.8, 4) is 11.5 Å². The molecule has 2 atom stereocenters. The summed E-state index contributed by atoms with van der Waals surface area (Å²) in [5.74, 6) is 1.15. The summed E-state index contributed by atoms with van der Waals surface area (Å²) in [7, 11) is -3.56. The summed E-state index contributed by atoms with van der Waals surface area (Å²) >= 11 is 0. The molecule has 0 bridgehead atoms. The molecule has 0 amide bonds. The molecule has 2 unspecified atom stereocenters. The van der Waals surface area contributed by atoms with Crippen molar-refractivity contribution in [2.24, 2.45) is 11.7 Å². The van der Waals surface area contributed by atoms with E-state index in [0.717, 1.165) is 0 Å². The molecule has 1 aliphatic heterocycles. The summed E-state index contributed by atoms with van der Waals surface area (Å²) in [5.41, 5.74) is 5.93. The first-order chi connectivity index (χ1) is 10.4. The number of ether oxygens (including phenoxy) is 2. The molecule has 1 aliphatic rings. The molecule has 1 heterocycles. The fourth-order valence-corrected chi connectivity index (χ4v) is 4.08. The van der Waals surface area contributed by atoms with Gasteiger partial charge in [0.05, 0.1) is 18.1 Å². The lowest BCUT2D eigenvalue weighted by Crippen LogP contribution is -2.32. The van der Waals surface area contributed by atoms with Gasteiger partial charge in [-0.15, -0.1) is 12.4 Å². The van der Waals surface area contributed by atoms with Crippen LogP contribution in [0.3, 0.4) is 0 Å². The van der Waals surface area contributed by atoms with E-state index >= 15 is 0 Å². The predicted octanol–water partition coefficient (Wildman–Crippen LogP) is 1.87. The largest absolute Gasteiger partial charge is 0.490 e. The standard InChI is InChI=1S/C15H24N2O4S.ClH/c1-4-20-14-7-6-12(8-15(14)21-5-2)22(18,19)17-9-11(3)13(16)10-17;/h6-8,11,13H,4-5,9-10,16H2,1-3H3;1H. The Morgan fingerprint density at radius 1 is 1.17 bits per heavy atom. The molecule has 0 aromatic heterocycles. The lowest BCUT2D eigenvalue weighted by atomic mass is 10.1. The molecular weight excluding hydrogens is 340 g/mol. The van der Waals surface area contributed by atoms with Crippen molar-refractivity contribution in [1.29, 1.82) is 0 Å². The van der Waals surface area contributed by atoms with E-state index in [0.29, 0.717) is 37.8 Å². The summed E-state index contributed by atoms with van der Waals surface area (Å²) in [6.45, 7) is 7.40. The van der Waals surface area contributed by atoms with Crippen molar-refractivity contribution in [3.05, 3.63) is 18.2 Å². The number of rotatable bonds is 6. The van der Waals surface area contributed by atoms with Crippen LogP contribution in [-0.4, -0.2) is 45.1 Å². The van der Waals surface area contributed by atoms with Gasteiger partial charge in [-0.25, -0.2) is 8.42 Å². The number of hydrogen-bond acceptors (Lipinski definition) is 5. The highest BCUT2D eigenvalue weighted by Gasteiger charge is 2.35. The Morgan fingerprint density at radius 2 is 1.78 bits per heavy atom. The van der Waals surface area contributed by atoms with Crippen molar-refractivity contribution in [2.45, 2.75) is 31.7 Å². The van der Waals surface area contributed by atoms with Crippen molar-refractivity contribution >= 4 is 22.4 Å². The molecule has 0 radical (unpaired) electrons. The van der Waals surface area contributed by atoms with Gasteiger partial charge in [-0.3, -0.25) is 0 Å². The molecule has 2 rings (SSSR count). The number of sulfonamides is 1. The number of halogens is 1. The number of benzene rings is 1. The molecule has 132 valence electrons. The van der Waals surface area contributed by atoms with Crippen molar-refractivity contribution in [3.63, 3.8) is 0 Å². The quantitative estimate of drug-likeness (QED) is 0.833. The minimum atomic E-state index is -3.56. The average Bonchev–Trinajstić information content (AvgIpc) is 2.82. The van der Waals surface area contributed by atoms with E-state index in [1.54, 1.807) is 12.1 Å². The van der Waals surface area contributed by atoms with E-state index < -0.39 is 10.0 Å². The van der Waals surface area contributed by atoms with Crippen LogP contribution in [0.4, 0.5) is 0 Å². The summed E-state index contributed by atoms with van der Waals surface area (Å²) in [6.07, 6.45) is 0. The summed E-state index contributed by atoms with van der Waals surface area (Å²) in [4.78, 5) is 0.209. The van der Waals surface area contributed by atoms with Gasteiger partial charge in [0.15, 0.2) is 11.5 Å². The number of hydrogen-bond donors (Lipinski definition) is 1. The number of nitrogens with zero attached hydrogens (tertiary/aromatic N) is 1. The molecule has 0 saturated carbocycles. The Kier molecular flexibility index (Phi) is 7.13. The van der Waals surface area contributed by atoms with Crippen LogP contribution in [0.15, 0.2) is 23.1 Å². The molecule has 0 aliphatic carbocycles. The van der Waals surface area contributed by atoms with Crippen LogP contribution in [0.25, 0.3) is 0 Å². The van der Waals surface area contributed by atoms with E-state index in [2.05, 4.69) is 0 Å². The highest BCUT2D eigenvalue weighted by molar-refractivity contribution is 7.89. The van der Waals surface area contributed by atoms with Gasteiger partial charge in [-0.1, -0.05) is 6.92 Å². The normalized spacial score (nSPS) is 21.7. The Bertz CT molecular complexity index is 614. The van der Waals surface area contributed by atoms with Crippen molar-refractivity contribution < 1.29 is 17.9 Å². The van der Waals surface area contributed by atoms with Crippen LogP contribution in [0.2, 0.25) is 0 Å². The van der Waals surface area contributed by atoms with E-state index in [1.165, 1.54) is 10.4 Å². The molecule has 23 heavy (non-hydrogen) atoms. The zero-order valence-electron chi connectivity index (χ0n) is 13.7. The zero-order valence-corrected chi connectivity index (χ0v) is 15.3. The molecule has 1 saturated heterocycles. The summed E-state index contributed by atoms with van der Waals surface area (Å²) in [6, 6.07) is 4.60. The third-order valence-electron chi connectivity index (χ3n) is 3.79. The summed E-state index contributed by atoms with van der Waals surface area (Å²) < 4.78 is 37.8. The number of nitrogens with two attached hydrogens (primary N) is 1. The lowest BCUT2D eigenvalue weighted by Gasteiger charge is -2.18. The highest BCUT2D eigenvalue weighted by atomic mass is 35.5. The van der Waals surface area contributed by atoms with Gasteiger partial charge < -0.3 is 15.2 Å². The Hall–Kier alpha value is -1.02. The fourth-order valence-electron chi connectivity index (χ4n) is 2.48. The zero-order chi connectivity index (χ0) is 16.3. The Morgan fingerprint density at radius 3 is 2.30 bits per heavy atom. The van der Waals surface area contributed by atoms with Gasteiger partial charge in [-0.2, -0.15) is 4.31 Å². The molecule has 8 heteroatoms. The van der Waals surface area contributed by atoms with Crippen LogP contribution in [0, 0.1) is 5.92 Å². The first kappa shape index (κ1) is 20.0. The molecule has 6 nitrogen and oxygen atoms in total. The third-order valence-corrected chi connectivity index (χ3v) is 5.62. The predicted molar refractivity (Wildman–Crippen MR) is 91.9 cm³/mol. The van der Waals surface area contributed by atoms with Crippen molar-refractivity contribution in [1.82, 2.24) is 4.31 Å². The van der Waals surface area contributed by atoms with Crippen LogP contribution in [-0.2, 0) is 10.0 Å². The second-order valence-corrected chi connectivity index (χ2v) is 7.38. The maximum absolute atomic E-state index is 12.7. The maximum atomic E-state index is 12.7. The first-order valence-corrected chi connectivity index (χ1v) is 8.99.